The molecule has 2 aromatic heterocycles. The minimum Gasteiger partial charge on any atom is -0.322 e. The minimum absolute atomic E-state index is 0.258. The van der Waals surface area contributed by atoms with Crippen molar-refractivity contribution in [1.82, 2.24) is 14.8 Å². The molecular formula is C22H18ClN5O2S. The molecule has 0 unspecified atom stereocenters. The first kappa shape index (κ1) is 20.8. The van der Waals surface area contributed by atoms with Crippen molar-refractivity contribution in [3.63, 3.8) is 0 Å². The van der Waals surface area contributed by atoms with Gasteiger partial charge in [0.2, 0.25) is 5.13 Å². The Labute approximate surface area is 187 Å². The van der Waals surface area contributed by atoms with E-state index < -0.39 is 0 Å². The molecule has 0 aliphatic carbocycles. The molecule has 2 amide bonds. The molecule has 9 heteroatoms. The molecule has 2 heterocycles. The molecule has 4 aromatic rings. The SMILES string of the molecule is CCc1csc(-n2cc(C(=O)Nc3ccc(Cl)c(C(=O)Nc4ccccc4)c3)cn2)n1. The molecule has 0 spiro atoms. The quantitative estimate of drug-likeness (QED) is 0.429. The van der Waals surface area contributed by atoms with E-state index in [1.54, 1.807) is 35.1 Å². The number of anilines is 2. The van der Waals surface area contributed by atoms with E-state index >= 15 is 0 Å². The molecule has 4 rings (SSSR count). The lowest BCUT2D eigenvalue weighted by molar-refractivity contribution is 0.101. The van der Waals surface area contributed by atoms with Crippen molar-refractivity contribution in [2.45, 2.75) is 13.3 Å². The van der Waals surface area contributed by atoms with Gasteiger partial charge in [0, 0.05) is 23.0 Å². The second kappa shape index (κ2) is 9.11. The van der Waals surface area contributed by atoms with Crippen LogP contribution in [-0.2, 0) is 6.42 Å². The summed E-state index contributed by atoms with van der Waals surface area (Å²) in [5.74, 6) is -0.717. The number of aryl methyl sites for hydroxylation is 1. The number of carbonyl (C=O) groups excluding carboxylic acids is 2. The molecule has 0 atom stereocenters. The molecule has 31 heavy (non-hydrogen) atoms. The number of para-hydroxylation sites is 1. The van der Waals surface area contributed by atoms with Crippen LogP contribution in [0.25, 0.3) is 5.13 Å². The summed E-state index contributed by atoms with van der Waals surface area (Å²) in [6.45, 7) is 2.03. The van der Waals surface area contributed by atoms with Crippen LogP contribution < -0.4 is 10.6 Å². The Hall–Kier alpha value is -3.49. The van der Waals surface area contributed by atoms with E-state index in [2.05, 4.69) is 20.7 Å². The number of hydrogen-bond donors (Lipinski definition) is 2. The highest BCUT2D eigenvalue weighted by Crippen LogP contribution is 2.23. The van der Waals surface area contributed by atoms with Crippen LogP contribution >= 0.6 is 22.9 Å². The number of halogens is 1. The van der Waals surface area contributed by atoms with E-state index in [-0.39, 0.29) is 22.4 Å². The van der Waals surface area contributed by atoms with Crippen molar-refractivity contribution in [3.05, 3.63) is 88.1 Å². The number of benzene rings is 2. The number of amides is 2. The predicted molar refractivity (Wildman–Crippen MR) is 122 cm³/mol. The third kappa shape index (κ3) is 4.82. The number of thiazole rings is 1. The summed E-state index contributed by atoms with van der Waals surface area (Å²) in [4.78, 5) is 29.7. The summed E-state index contributed by atoms with van der Waals surface area (Å²) in [7, 11) is 0. The first-order valence-corrected chi connectivity index (χ1v) is 10.8. The highest BCUT2D eigenvalue weighted by atomic mass is 35.5. The van der Waals surface area contributed by atoms with Gasteiger partial charge in [0.05, 0.1) is 28.0 Å². The smallest absolute Gasteiger partial charge is 0.258 e. The number of hydrogen-bond acceptors (Lipinski definition) is 5. The van der Waals surface area contributed by atoms with Gasteiger partial charge in [-0.05, 0) is 36.8 Å². The fraction of sp³-hybridized carbons (Fsp3) is 0.0909. The van der Waals surface area contributed by atoms with Crippen molar-refractivity contribution in [2.75, 3.05) is 10.6 Å². The molecule has 0 saturated heterocycles. The second-order valence-electron chi connectivity index (χ2n) is 6.62. The largest absolute Gasteiger partial charge is 0.322 e. The van der Waals surface area contributed by atoms with Gasteiger partial charge in [0.15, 0.2) is 0 Å². The standard InChI is InChI=1S/C22H18ClN5O2S/c1-2-15-13-31-22(27-15)28-12-14(11-24-28)20(29)26-17-8-9-19(23)18(10-17)21(30)25-16-6-4-3-5-7-16/h3-13H,2H2,1H3,(H,25,30)(H,26,29). The summed E-state index contributed by atoms with van der Waals surface area (Å²) >= 11 is 7.67. The number of carbonyl (C=O) groups is 2. The van der Waals surface area contributed by atoms with Crippen molar-refractivity contribution in [1.29, 1.82) is 0 Å². The van der Waals surface area contributed by atoms with Crippen LogP contribution in [0.5, 0.6) is 0 Å². The zero-order chi connectivity index (χ0) is 21.8. The van der Waals surface area contributed by atoms with Crippen molar-refractivity contribution >= 4 is 46.1 Å². The van der Waals surface area contributed by atoms with E-state index in [0.717, 1.165) is 12.1 Å². The molecule has 2 aromatic carbocycles. The zero-order valence-electron chi connectivity index (χ0n) is 16.5. The maximum Gasteiger partial charge on any atom is 0.258 e. The molecule has 0 saturated carbocycles. The summed E-state index contributed by atoms with van der Waals surface area (Å²) in [6.07, 6.45) is 3.93. The highest BCUT2D eigenvalue weighted by molar-refractivity contribution is 7.12. The maximum atomic E-state index is 12.7. The van der Waals surface area contributed by atoms with Crippen LogP contribution in [0.4, 0.5) is 11.4 Å². The van der Waals surface area contributed by atoms with E-state index in [9.17, 15) is 9.59 Å². The van der Waals surface area contributed by atoms with Crippen molar-refractivity contribution in [3.8, 4) is 5.13 Å². The Morgan fingerprint density at radius 1 is 1.06 bits per heavy atom. The molecule has 0 bridgehead atoms. The highest BCUT2D eigenvalue weighted by Gasteiger charge is 2.15. The Balaban J connectivity index is 1.48. The molecule has 2 N–H and O–H groups in total. The molecule has 7 nitrogen and oxygen atoms in total. The molecule has 0 aliphatic rings. The Morgan fingerprint density at radius 3 is 2.58 bits per heavy atom. The van der Waals surface area contributed by atoms with Crippen LogP contribution in [0, 0.1) is 0 Å². The Bertz CT molecular complexity index is 1240. The Kier molecular flexibility index (Phi) is 6.11. The molecular weight excluding hydrogens is 434 g/mol. The zero-order valence-corrected chi connectivity index (χ0v) is 18.1. The van der Waals surface area contributed by atoms with Gasteiger partial charge in [-0.1, -0.05) is 36.7 Å². The van der Waals surface area contributed by atoms with Gasteiger partial charge in [-0.2, -0.15) is 5.10 Å². The molecule has 0 aliphatic heterocycles. The minimum atomic E-state index is -0.365. The maximum absolute atomic E-state index is 12.7. The molecule has 0 fully saturated rings. The lowest BCUT2D eigenvalue weighted by atomic mass is 10.1. The van der Waals surface area contributed by atoms with Crippen molar-refractivity contribution < 1.29 is 9.59 Å². The van der Waals surface area contributed by atoms with Gasteiger partial charge in [-0.25, -0.2) is 9.67 Å². The number of nitrogens with zero attached hydrogens (tertiary/aromatic N) is 3. The van der Waals surface area contributed by atoms with Gasteiger partial charge in [-0.3, -0.25) is 9.59 Å². The van der Waals surface area contributed by atoms with Gasteiger partial charge in [-0.15, -0.1) is 11.3 Å². The first-order chi connectivity index (χ1) is 15.0. The fourth-order valence-corrected chi connectivity index (χ4v) is 3.85. The summed E-state index contributed by atoms with van der Waals surface area (Å²) < 4.78 is 1.57. The number of aromatic nitrogens is 3. The third-order valence-corrected chi connectivity index (χ3v) is 5.65. The first-order valence-electron chi connectivity index (χ1n) is 9.50. The van der Waals surface area contributed by atoms with Gasteiger partial charge < -0.3 is 10.6 Å². The molecule has 156 valence electrons. The molecule has 0 radical (unpaired) electrons. The van der Waals surface area contributed by atoms with E-state index in [1.165, 1.54) is 23.6 Å². The summed E-state index contributed by atoms with van der Waals surface area (Å²) in [5, 5.41) is 12.7. The lowest BCUT2D eigenvalue weighted by Crippen LogP contribution is -2.15. The third-order valence-electron chi connectivity index (χ3n) is 4.44. The lowest BCUT2D eigenvalue weighted by Gasteiger charge is -2.09. The fourth-order valence-electron chi connectivity index (χ4n) is 2.81. The number of nitrogens with one attached hydrogen (secondary N) is 2. The van der Waals surface area contributed by atoms with E-state index in [0.29, 0.717) is 22.1 Å². The van der Waals surface area contributed by atoms with Gasteiger partial charge >= 0.3 is 0 Å². The summed E-state index contributed by atoms with van der Waals surface area (Å²) in [5.41, 5.74) is 2.71. The monoisotopic (exact) mass is 451 g/mol. The van der Waals surface area contributed by atoms with Crippen LogP contribution in [0.2, 0.25) is 5.02 Å². The van der Waals surface area contributed by atoms with Gasteiger partial charge in [0.25, 0.3) is 11.8 Å². The van der Waals surface area contributed by atoms with E-state index in [1.807, 2.05) is 30.5 Å². The average Bonchev–Trinajstić information content (AvgIpc) is 3.45. The van der Waals surface area contributed by atoms with Gasteiger partial charge in [0.1, 0.15) is 0 Å². The topological polar surface area (TPSA) is 88.9 Å². The predicted octanol–water partition coefficient (Wildman–Crippen LogP) is 5.05. The van der Waals surface area contributed by atoms with Crippen LogP contribution in [0.3, 0.4) is 0 Å². The van der Waals surface area contributed by atoms with Crippen LogP contribution in [0.1, 0.15) is 33.3 Å². The Morgan fingerprint density at radius 2 is 1.84 bits per heavy atom. The normalized spacial score (nSPS) is 10.6. The number of rotatable bonds is 6. The van der Waals surface area contributed by atoms with Crippen LogP contribution in [-0.4, -0.2) is 26.6 Å². The van der Waals surface area contributed by atoms with Crippen molar-refractivity contribution in [2.24, 2.45) is 0 Å². The summed E-state index contributed by atoms with van der Waals surface area (Å²) in [6, 6.07) is 13.8. The van der Waals surface area contributed by atoms with Crippen LogP contribution in [0.15, 0.2) is 66.3 Å². The van der Waals surface area contributed by atoms with E-state index in [4.69, 9.17) is 11.6 Å². The average molecular weight is 452 g/mol. The second-order valence-corrected chi connectivity index (χ2v) is 7.86.